The van der Waals surface area contributed by atoms with Crippen molar-refractivity contribution in [3.8, 4) is 0 Å². The molecule has 19 nitrogen and oxygen atoms in total. The van der Waals surface area contributed by atoms with Gasteiger partial charge in [-0.25, -0.2) is 0 Å². The lowest BCUT2D eigenvalue weighted by molar-refractivity contribution is -0.379. The minimum Gasteiger partial charge on any atom is -0.394 e. The van der Waals surface area contributed by atoms with Crippen LogP contribution in [0.1, 0.15) is 284 Å². The molecule has 17 atom stereocenters. The molecule has 3 aliphatic heterocycles. The fourth-order valence-corrected chi connectivity index (χ4v) is 12.7. The number of carbonyl (C=O) groups excluding carboxylic acids is 1. The van der Waals surface area contributed by atoms with Crippen LogP contribution in [0.15, 0.2) is 60.8 Å². The van der Waals surface area contributed by atoms with Crippen molar-refractivity contribution in [1.29, 1.82) is 0 Å². The van der Waals surface area contributed by atoms with Crippen molar-refractivity contribution in [2.24, 2.45) is 0 Å². The molecule has 95 heavy (non-hydrogen) atoms. The second kappa shape index (κ2) is 57.2. The first kappa shape index (κ1) is 86.7. The highest BCUT2D eigenvalue weighted by Gasteiger charge is 2.53. The van der Waals surface area contributed by atoms with Crippen molar-refractivity contribution in [3.63, 3.8) is 0 Å². The molecule has 0 aromatic carbocycles. The second-order valence-corrected chi connectivity index (χ2v) is 27.1. The predicted octanol–water partition coefficient (Wildman–Crippen LogP) is 11.5. The molecule has 0 saturated carbocycles. The number of rotatable bonds is 59. The number of hydrogen-bond donors (Lipinski definition) is 12. The van der Waals surface area contributed by atoms with Crippen LogP contribution in [0.4, 0.5) is 0 Å². The molecule has 0 spiro atoms. The Kier molecular flexibility index (Phi) is 52.2. The van der Waals surface area contributed by atoms with Gasteiger partial charge in [-0.05, 0) is 57.8 Å². The summed E-state index contributed by atoms with van der Waals surface area (Å²) in [6, 6.07) is -0.970. The zero-order chi connectivity index (χ0) is 68.9. The molecule has 17 unspecified atom stereocenters. The smallest absolute Gasteiger partial charge is 0.220 e. The van der Waals surface area contributed by atoms with Crippen LogP contribution in [-0.4, -0.2) is 193 Å². The van der Waals surface area contributed by atoms with E-state index in [4.69, 9.17) is 28.4 Å². The molecule has 3 rings (SSSR count). The molecule has 3 heterocycles. The van der Waals surface area contributed by atoms with Crippen LogP contribution in [0, 0.1) is 0 Å². The summed E-state index contributed by atoms with van der Waals surface area (Å²) in [7, 11) is 0. The summed E-state index contributed by atoms with van der Waals surface area (Å²) in [4.78, 5) is 13.4. The minimum absolute atomic E-state index is 0.246. The molecule has 0 aromatic rings. The summed E-state index contributed by atoms with van der Waals surface area (Å²) in [5, 5.41) is 120. The molecule has 1 amide bonds. The molecule has 3 aliphatic rings. The van der Waals surface area contributed by atoms with Crippen LogP contribution in [0.5, 0.6) is 0 Å². The first-order chi connectivity index (χ1) is 46.3. The van der Waals surface area contributed by atoms with Crippen LogP contribution in [0.2, 0.25) is 0 Å². The van der Waals surface area contributed by atoms with Gasteiger partial charge in [0, 0.05) is 6.42 Å². The van der Waals surface area contributed by atoms with Gasteiger partial charge in [0.2, 0.25) is 5.91 Å². The number of amides is 1. The Morgan fingerprint density at radius 3 is 1.14 bits per heavy atom. The van der Waals surface area contributed by atoms with E-state index in [1.807, 2.05) is 6.08 Å². The summed E-state index contributed by atoms with van der Waals surface area (Å²) in [5.41, 5.74) is 0. The van der Waals surface area contributed by atoms with Crippen molar-refractivity contribution in [2.75, 3.05) is 26.4 Å². The van der Waals surface area contributed by atoms with Gasteiger partial charge in [-0.1, -0.05) is 280 Å². The lowest BCUT2D eigenvalue weighted by atomic mass is 9.96. The monoisotopic (exact) mass is 1350 g/mol. The van der Waals surface area contributed by atoms with Gasteiger partial charge in [0.05, 0.1) is 38.6 Å². The Balaban J connectivity index is 1.24. The van der Waals surface area contributed by atoms with Crippen LogP contribution >= 0.6 is 0 Å². The van der Waals surface area contributed by atoms with E-state index < -0.39 is 124 Å². The number of hydrogen-bond acceptors (Lipinski definition) is 18. The second-order valence-electron chi connectivity index (χ2n) is 27.1. The third kappa shape index (κ3) is 38.2. The van der Waals surface area contributed by atoms with E-state index in [1.165, 1.54) is 186 Å². The Morgan fingerprint density at radius 2 is 0.726 bits per heavy atom. The zero-order valence-corrected chi connectivity index (χ0v) is 58.9. The molecule has 19 heteroatoms. The fraction of sp³-hybridized carbons (Fsp3) is 0.855. The molecule has 3 fully saturated rings. The number of unbranched alkanes of at least 4 members (excludes halogenated alkanes) is 35. The van der Waals surface area contributed by atoms with Gasteiger partial charge in [0.15, 0.2) is 18.9 Å². The van der Waals surface area contributed by atoms with Gasteiger partial charge in [0.25, 0.3) is 0 Å². The summed E-state index contributed by atoms with van der Waals surface area (Å²) >= 11 is 0. The Hall–Kier alpha value is -2.51. The standard InChI is InChI=1S/C76H137NO18/c1-3-5-7-9-11-13-14-15-16-17-18-19-20-21-22-23-24-25-26-27-28-29-30-31-32-33-34-35-36-37-38-39-40-41-42-43-44-46-48-50-52-54-64(82)77-59(60(81)53-51-49-47-45-12-10-8-6-4-2)58-90-74-70(88)67(85)72(62(56-79)92-74)95-76-71(89)68(86)73(63(57-80)93-76)94-75-69(87)66(84)65(83)61(55-78)91-75/h5,7,11,13,15-16,18-19,51,53,59-63,65-76,78-81,83-89H,3-4,6,8-10,12,14,17,20-50,52,54-58H2,1-2H3,(H,77,82)/b7-5-,13-11-,16-15-,19-18-,53-51+. The highest BCUT2D eigenvalue weighted by molar-refractivity contribution is 5.76. The van der Waals surface area contributed by atoms with Crippen molar-refractivity contribution in [1.82, 2.24) is 5.32 Å². The van der Waals surface area contributed by atoms with Gasteiger partial charge in [-0.2, -0.15) is 0 Å². The Morgan fingerprint density at radius 1 is 0.389 bits per heavy atom. The number of ether oxygens (including phenoxy) is 6. The van der Waals surface area contributed by atoms with E-state index in [9.17, 15) is 61.0 Å². The van der Waals surface area contributed by atoms with E-state index >= 15 is 0 Å². The largest absolute Gasteiger partial charge is 0.394 e. The van der Waals surface area contributed by atoms with E-state index in [2.05, 4.69) is 67.8 Å². The van der Waals surface area contributed by atoms with E-state index in [1.54, 1.807) is 6.08 Å². The number of aliphatic hydroxyl groups excluding tert-OH is 11. The molecular formula is C76H137NO18. The Bertz CT molecular complexity index is 1950. The maximum absolute atomic E-state index is 13.4. The fourth-order valence-electron chi connectivity index (χ4n) is 12.7. The third-order valence-corrected chi connectivity index (χ3v) is 18.8. The van der Waals surface area contributed by atoms with Gasteiger partial charge in [0.1, 0.15) is 73.2 Å². The minimum atomic E-state index is -1.98. The lowest BCUT2D eigenvalue weighted by Gasteiger charge is -2.48. The topological polar surface area (TPSA) is 307 Å². The quantitative estimate of drug-likeness (QED) is 0.0199. The maximum atomic E-state index is 13.4. The first-order valence-corrected chi connectivity index (χ1v) is 38.0. The predicted molar refractivity (Wildman–Crippen MR) is 374 cm³/mol. The van der Waals surface area contributed by atoms with Crippen molar-refractivity contribution in [3.05, 3.63) is 60.8 Å². The van der Waals surface area contributed by atoms with Crippen molar-refractivity contribution < 1.29 is 89.4 Å². The highest BCUT2D eigenvalue weighted by atomic mass is 16.8. The van der Waals surface area contributed by atoms with Crippen LogP contribution < -0.4 is 5.32 Å². The molecule has 0 aromatic heterocycles. The summed E-state index contributed by atoms with van der Waals surface area (Å²) in [6.07, 6.45) is 45.6. The molecular weight excluding hydrogens is 1210 g/mol. The zero-order valence-electron chi connectivity index (χ0n) is 58.9. The number of aliphatic hydroxyl groups is 11. The van der Waals surface area contributed by atoms with Crippen LogP contribution in [0.3, 0.4) is 0 Å². The average Bonchev–Trinajstić information content (AvgIpc) is 0.797. The highest BCUT2D eigenvalue weighted by Crippen LogP contribution is 2.33. The summed E-state index contributed by atoms with van der Waals surface area (Å²) in [5.74, 6) is -0.274. The first-order valence-electron chi connectivity index (χ1n) is 38.0. The van der Waals surface area contributed by atoms with E-state index in [-0.39, 0.29) is 18.9 Å². The van der Waals surface area contributed by atoms with Gasteiger partial charge in [-0.3, -0.25) is 4.79 Å². The number of carbonyl (C=O) groups is 1. The van der Waals surface area contributed by atoms with Gasteiger partial charge >= 0.3 is 0 Å². The maximum Gasteiger partial charge on any atom is 0.220 e. The molecule has 12 N–H and O–H groups in total. The van der Waals surface area contributed by atoms with Crippen molar-refractivity contribution in [2.45, 2.75) is 388 Å². The summed E-state index contributed by atoms with van der Waals surface area (Å²) in [6.45, 7) is 1.59. The molecule has 0 radical (unpaired) electrons. The van der Waals surface area contributed by atoms with E-state index in [0.29, 0.717) is 6.42 Å². The average molecular weight is 1350 g/mol. The third-order valence-electron chi connectivity index (χ3n) is 18.8. The summed E-state index contributed by atoms with van der Waals surface area (Å²) < 4.78 is 34.3. The number of allylic oxidation sites excluding steroid dienone is 9. The number of nitrogens with one attached hydrogen (secondary N) is 1. The normalized spacial score (nSPS) is 27.5. The van der Waals surface area contributed by atoms with Gasteiger partial charge < -0.3 is 89.9 Å². The molecule has 3 saturated heterocycles. The molecule has 0 bridgehead atoms. The Labute approximate surface area is 573 Å². The lowest BCUT2D eigenvalue weighted by Crippen LogP contribution is -2.66. The van der Waals surface area contributed by atoms with Crippen molar-refractivity contribution >= 4 is 5.91 Å². The molecule has 0 aliphatic carbocycles. The van der Waals surface area contributed by atoms with E-state index in [0.717, 1.165) is 70.6 Å². The van der Waals surface area contributed by atoms with Gasteiger partial charge in [-0.15, -0.1) is 0 Å². The SMILES string of the molecule is CC/C=C\C/C=C\C/C=C\C/C=C\CCCCCCCCCCCCCCCCCCCCCCCCCCCCCCC(=O)NC(COC1OC(CO)C(OC2OC(CO)C(OC3OC(CO)C(O)C(O)C3O)C(O)C2O)C(O)C1O)C(O)/C=C/CCCCCCCCC. The van der Waals surface area contributed by atoms with Crippen LogP contribution in [0.25, 0.3) is 0 Å². The van der Waals surface area contributed by atoms with Crippen LogP contribution in [-0.2, 0) is 33.2 Å². The molecule has 554 valence electrons.